The van der Waals surface area contributed by atoms with Crippen molar-refractivity contribution in [1.29, 1.82) is 0 Å². The lowest BCUT2D eigenvalue weighted by atomic mass is 10.0. The number of aryl methyl sites for hydroxylation is 1. The third kappa shape index (κ3) is 5.12. The Kier molecular flexibility index (Phi) is 6.39. The Morgan fingerprint density at radius 3 is 2.50 bits per heavy atom. The van der Waals surface area contributed by atoms with E-state index in [0.717, 1.165) is 23.7 Å². The Bertz CT molecular complexity index is 1730. The van der Waals surface area contributed by atoms with E-state index in [-0.39, 0.29) is 41.2 Å². The quantitative estimate of drug-likeness (QED) is 0.330. The molecule has 42 heavy (non-hydrogen) atoms. The average molecular weight is 581 g/mol. The zero-order valence-electron chi connectivity index (χ0n) is 23.0. The lowest BCUT2D eigenvalue weighted by Gasteiger charge is -2.26. The number of likely N-dealkylation sites (tertiary alicyclic amines) is 1. The Morgan fingerprint density at radius 1 is 1.07 bits per heavy atom. The van der Waals surface area contributed by atoms with Crippen molar-refractivity contribution >= 4 is 34.3 Å². The highest BCUT2D eigenvalue weighted by molar-refractivity contribution is 6.06. The summed E-state index contributed by atoms with van der Waals surface area (Å²) in [4.78, 5) is 49.4. The van der Waals surface area contributed by atoms with Crippen LogP contribution in [0.1, 0.15) is 43.0 Å². The van der Waals surface area contributed by atoms with Crippen LogP contribution >= 0.6 is 0 Å². The van der Waals surface area contributed by atoms with Crippen LogP contribution in [0.3, 0.4) is 0 Å². The molecule has 4 heterocycles. The summed E-state index contributed by atoms with van der Waals surface area (Å²) in [7, 11) is 0. The number of anilines is 1. The molecular weight excluding hydrogens is 553 g/mol. The third-order valence-corrected chi connectivity index (χ3v) is 7.94. The molecule has 0 spiro atoms. The molecule has 3 atom stereocenters. The summed E-state index contributed by atoms with van der Waals surface area (Å²) < 4.78 is 40.3. The number of halogens is 3. The van der Waals surface area contributed by atoms with Gasteiger partial charge in [0, 0.05) is 48.6 Å². The van der Waals surface area contributed by atoms with Crippen molar-refractivity contribution in [3.05, 3.63) is 54.4 Å². The van der Waals surface area contributed by atoms with Gasteiger partial charge in [-0.25, -0.2) is 9.97 Å². The van der Waals surface area contributed by atoms with Crippen molar-refractivity contribution in [2.24, 2.45) is 5.41 Å². The smallest absolute Gasteiger partial charge is 0.325 e. The van der Waals surface area contributed by atoms with Gasteiger partial charge in [0.15, 0.2) is 11.6 Å². The fraction of sp³-hybridized carbons (Fsp3) is 0.393. The minimum Gasteiger partial charge on any atom is -0.325 e. The van der Waals surface area contributed by atoms with Crippen molar-refractivity contribution in [2.75, 3.05) is 5.32 Å². The molecule has 1 aliphatic carbocycles. The van der Waals surface area contributed by atoms with Crippen LogP contribution in [-0.2, 0) is 22.7 Å². The van der Waals surface area contributed by atoms with E-state index in [0.29, 0.717) is 27.8 Å². The van der Waals surface area contributed by atoms with E-state index >= 15 is 0 Å². The normalized spacial score (nSPS) is 21.4. The van der Waals surface area contributed by atoms with Crippen molar-refractivity contribution < 1.29 is 27.6 Å². The highest BCUT2D eigenvalue weighted by Gasteiger charge is 2.64. The molecule has 2 amide bonds. The second-order valence-electron chi connectivity index (χ2n) is 11.2. The summed E-state index contributed by atoms with van der Waals surface area (Å²) in [5, 5.41) is 11.4. The van der Waals surface area contributed by atoms with Crippen LogP contribution in [0.5, 0.6) is 0 Å². The number of amides is 2. The molecule has 1 N–H and O–H groups in total. The molecule has 0 bridgehead atoms. The van der Waals surface area contributed by atoms with Crippen LogP contribution in [0.15, 0.2) is 42.9 Å². The second kappa shape index (κ2) is 9.74. The number of aromatic nitrogens is 6. The monoisotopic (exact) mass is 580 g/mol. The number of Topliss-reactive ketones (excluding diaryl/α,β-unsaturated/α-hetero) is 1. The molecule has 1 aliphatic heterocycles. The number of nitrogens with one attached hydrogen (secondary N) is 1. The molecular formula is C28H27F3N8O3. The van der Waals surface area contributed by atoms with Crippen molar-refractivity contribution in [2.45, 2.75) is 65.0 Å². The molecule has 1 saturated heterocycles. The zero-order chi connectivity index (χ0) is 30.0. The molecule has 14 heteroatoms. The van der Waals surface area contributed by atoms with E-state index in [9.17, 15) is 27.6 Å². The SMILES string of the molecule is CC(=O)c1nn(CC(=O)N2[C@H](C(=O)Nc3ccn(CC(F)(F)F)n3)CC3(C)C[C@@H]23)c2ccc(-c3cnc(C)nc3)cc12. The predicted molar refractivity (Wildman–Crippen MR) is 144 cm³/mol. The van der Waals surface area contributed by atoms with Crippen molar-refractivity contribution in [3.63, 3.8) is 0 Å². The lowest BCUT2D eigenvalue weighted by Crippen LogP contribution is -2.46. The summed E-state index contributed by atoms with van der Waals surface area (Å²) in [6.07, 6.45) is 1.22. The van der Waals surface area contributed by atoms with Gasteiger partial charge in [-0.1, -0.05) is 13.0 Å². The topological polar surface area (TPSA) is 128 Å². The van der Waals surface area contributed by atoms with Gasteiger partial charge in [0.05, 0.1) is 5.52 Å². The number of alkyl halides is 3. The number of ketones is 1. The van der Waals surface area contributed by atoms with E-state index in [2.05, 4.69) is 25.5 Å². The Morgan fingerprint density at radius 2 is 1.81 bits per heavy atom. The van der Waals surface area contributed by atoms with Crippen LogP contribution in [0.4, 0.5) is 19.0 Å². The first-order chi connectivity index (χ1) is 19.8. The van der Waals surface area contributed by atoms with Gasteiger partial charge in [-0.2, -0.15) is 23.4 Å². The molecule has 11 nitrogen and oxygen atoms in total. The predicted octanol–water partition coefficient (Wildman–Crippen LogP) is 3.78. The highest BCUT2D eigenvalue weighted by Crippen LogP contribution is 2.59. The van der Waals surface area contributed by atoms with Gasteiger partial charge in [0.25, 0.3) is 0 Å². The molecule has 2 aliphatic rings. The average Bonchev–Trinajstić information content (AvgIpc) is 3.21. The van der Waals surface area contributed by atoms with E-state index in [1.807, 2.05) is 19.1 Å². The van der Waals surface area contributed by atoms with Gasteiger partial charge >= 0.3 is 6.18 Å². The van der Waals surface area contributed by atoms with Crippen LogP contribution in [0.25, 0.3) is 22.0 Å². The van der Waals surface area contributed by atoms with Gasteiger partial charge in [-0.05, 0) is 42.9 Å². The Hall–Kier alpha value is -4.62. The fourth-order valence-electron chi connectivity index (χ4n) is 5.76. The van der Waals surface area contributed by atoms with Gasteiger partial charge in [0.2, 0.25) is 11.8 Å². The largest absolute Gasteiger partial charge is 0.408 e. The first-order valence-corrected chi connectivity index (χ1v) is 13.3. The summed E-state index contributed by atoms with van der Waals surface area (Å²) in [5.41, 5.74) is 2.13. The van der Waals surface area contributed by atoms with E-state index in [4.69, 9.17) is 0 Å². The third-order valence-electron chi connectivity index (χ3n) is 7.94. The van der Waals surface area contributed by atoms with Crippen LogP contribution in [0.2, 0.25) is 0 Å². The second-order valence-corrected chi connectivity index (χ2v) is 11.2. The van der Waals surface area contributed by atoms with E-state index in [1.54, 1.807) is 30.3 Å². The van der Waals surface area contributed by atoms with E-state index < -0.39 is 24.7 Å². The lowest BCUT2D eigenvalue weighted by molar-refractivity contribution is -0.142. The molecule has 0 radical (unpaired) electrons. The van der Waals surface area contributed by atoms with Crippen molar-refractivity contribution in [3.8, 4) is 11.1 Å². The van der Waals surface area contributed by atoms with Gasteiger partial charge in [-0.15, -0.1) is 0 Å². The van der Waals surface area contributed by atoms with Crippen LogP contribution in [0, 0.1) is 12.3 Å². The molecule has 6 rings (SSSR count). The first kappa shape index (κ1) is 27.5. The number of piperidine rings is 1. The number of hydrogen-bond acceptors (Lipinski definition) is 7. The molecule has 218 valence electrons. The Labute approximate surface area is 237 Å². The molecule has 1 unspecified atom stereocenters. The van der Waals surface area contributed by atoms with Crippen LogP contribution in [-0.4, -0.2) is 70.3 Å². The highest BCUT2D eigenvalue weighted by atomic mass is 19.4. The standard InChI is InChI=1S/C28H27F3N8O3/c1-15(40)25-19-8-17(18-11-32-16(2)33-12-18)4-5-20(19)38(36-25)13-24(41)39-21(9-27(3)10-22(27)39)26(42)34-23-6-7-37(35-23)14-28(29,30)31/h4-8,11-12,21-22H,9-10,13-14H2,1-3H3,(H,34,35,42)/t21-,22+,27?/m0/s1. The Balaban J connectivity index is 1.24. The number of hydrogen-bond donors (Lipinski definition) is 1. The minimum atomic E-state index is -4.45. The summed E-state index contributed by atoms with van der Waals surface area (Å²) in [6, 6.07) is 5.75. The van der Waals surface area contributed by atoms with Gasteiger partial charge < -0.3 is 10.2 Å². The van der Waals surface area contributed by atoms with Crippen LogP contribution < -0.4 is 5.32 Å². The molecule has 1 saturated carbocycles. The van der Waals surface area contributed by atoms with E-state index in [1.165, 1.54) is 17.7 Å². The molecule has 4 aromatic rings. The number of rotatable bonds is 7. The van der Waals surface area contributed by atoms with Crippen molar-refractivity contribution in [1.82, 2.24) is 34.4 Å². The maximum atomic E-state index is 13.7. The fourth-order valence-corrected chi connectivity index (χ4v) is 5.76. The molecule has 2 fully saturated rings. The first-order valence-electron chi connectivity index (χ1n) is 13.3. The maximum Gasteiger partial charge on any atom is 0.408 e. The number of carbonyl (C=O) groups is 3. The summed E-state index contributed by atoms with van der Waals surface area (Å²) >= 11 is 0. The van der Waals surface area contributed by atoms with Gasteiger partial charge in [-0.3, -0.25) is 23.7 Å². The maximum absolute atomic E-state index is 13.7. The number of nitrogens with zero attached hydrogens (tertiary/aromatic N) is 7. The molecule has 3 aromatic heterocycles. The number of benzene rings is 1. The zero-order valence-corrected chi connectivity index (χ0v) is 23.0. The summed E-state index contributed by atoms with van der Waals surface area (Å²) in [5.74, 6) is -0.524. The van der Waals surface area contributed by atoms with Gasteiger partial charge in [0.1, 0.15) is 30.6 Å². The molecule has 1 aromatic carbocycles. The number of carbonyl (C=O) groups excluding carboxylic acids is 3. The number of fused-ring (bicyclic) bond motifs is 2. The minimum absolute atomic E-state index is 0.0265. The summed E-state index contributed by atoms with van der Waals surface area (Å²) in [6.45, 7) is 3.70.